The molecule has 0 saturated heterocycles. The maximum atomic E-state index is 14.1. The number of thioether (sulfide) groups is 1. The van der Waals surface area contributed by atoms with Crippen molar-refractivity contribution in [1.29, 1.82) is 5.26 Å². The van der Waals surface area contributed by atoms with Gasteiger partial charge in [-0.25, -0.2) is 8.78 Å². The maximum absolute atomic E-state index is 14.1. The lowest BCUT2D eigenvalue weighted by molar-refractivity contribution is 0.0991. The Kier molecular flexibility index (Phi) is 10.2. The molecule has 0 atom stereocenters. The lowest BCUT2D eigenvalue weighted by atomic mass is 10.1. The van der Waals surface area contributed by atoms with E-state index in [2.05, 4.69) is 0 Å². The molecule has 1 amide bonds. The number of carbonyl (C=O) groups excluding carboxylic acids is 1. The van der Waals surface area contributed by atoms with Crippen molar-refractivity contribution in [1.82, 2.24) is 0 Å². The second-order valence-electron chi connectivity index (χ2n) is 5.38. The molecule has 0 spiro atoms. The monoisotopic (exact) mass is 435 g/mol. The van der Waals surface area contributed by atoms with Crippen LogP contribution in [-0.4, -0.2) is 25.4 Å². The Bertz CT molecular complexity index is 942. The topological polar surface area (TPSA) is 111 Å². The Hall–Kier alpha value is -3.25. The summed E-state index contributed by atoms with van der Waals surface area (Å²) in [6.45, 7) is 3.99. The Balaban J connectivity index is 0.00000218. The minimum Gasteiger partial charge on any atom is -0.497 e. The molecule has 30 heavy (non-hydrogen) atoms. The fraction of sp³-hybridized carbons (Fsp3) is 0.238. The van der Waals surface area contributed by atoms with Gasteiger partial charge in [-0.1, -0.05) is 13.8 Å². The molecule has 9 heteroatoms. The normalized spacial score (nSPS) is 10.8. The van der Waals surface area contributed by atoms with Gasteiger partial charge in [-0.3, -0.25) is 4.79 Å². The van der Waals surface area contributed by atoms with Crippen molar-refractivity contribution in [3.8, 4) is 17.6 Å². The summed E-state index contributed by atoms with van der Waals surface area (Å²) < 4.78 is 37.8. The Morgan fingerprint density at radius 3 is 2.30 bits per heavy atom. The average Bonchev–Trinajstić information content (AvgIpc) is 2.76. The van der Waals surface area contributed by atoms with Gasteiger partial charge >= 0.3 is 0 Å². The van der Waals surface area contributed by atoms with E-state index in [4.69, 9.17) is 20.9 Å². The standard InChI is InChI=1S/C19H17F2N3O3S.C2H6/c1-26-12-4-2-11(3-5-12)18(23)15(10-22)28-9-8-27-14-7-6-13(20)16(17(14)21)19(24)25;1-2/h2-7H,8-9,23H2,1H3,(H2,24,25);1-2H3/b18-15-;. The van der Waals surface area contributed by atoms with E-state index in [0.717, 1.165) is 23.9 Å². The highest BCUT2D eigenvalue weighted by atomic mass is 32.2. The predicted octanol–water partition coefficient (Wildman–Crippen LogP) is 4.06. The van der Waals surface area contributed by atoms with Gasteiger partial charge in [0.25, 0.3) is 5.91 Å². The minimum absolute atomic E-state index is 0.00745. The van der Waals surface area contributed by atoms with Crippen LogP contribution in [0.2, 0.25) is 0 Å². The van der Waals surface area contributed by atoms with Crippen LogP contribution in [0.25, 0.3) is 5.70 Å². The summed E-state index contributed by atoms with van der Waals surface area (Å²) in [5.41, 5.74) is 11.1. The first-order chi connectivity index (χ1) is 14.4. The van der Waals surface area contributed by atoms with Gasteiger partial charge in [0.1, 0.15) is 28.1 Å². The number of rotatable bonds is 8. The second kappa shape index (κ2) is 12.3. The predicted molar refractivity (Wildman–Crippen MR) is 114 cm³/mol. The molecule has 0 aromatic heterocycles. The molecule has 2 aromatic rings. The number of allylic oxidation sites excluding steroid dienone is 1. The molecule has 0 heterocycles. The van der Waals surface area contributed by atoms with E-state index >= 15 is 0 Å². The van der Waals surface area contributed by atoms with Crippen LogP contribution in [0.3, 0.4) is 0 Å². The molecule has 0 aliphatic heterocycles. The minimum atomic E-state index is -1.23. The Morgan fingerprint density at radius 2 is 1.77 bits per heavy atom. The zero-order chi connectivity index (χ0) is 22.7. The number of nitrogens with two attached hydrogens (primary N) is 2. The SMILES string of the molecule is CC.COc1ccc(/C(N)=C(\C#N)SCCOc2ccc(F)c(C(N)=O)c2F)cc1. The van der Waals surface area contributed by atoms with Crippen LogP contribution in [0.4, 0.5) is 8.78 Å². The van der Waals surface area contributed by atoms with Crippen LogP contribution in [-0.2, 0) is 0 Å². The third kappa shape index (κ3) is 6.39. The molecular formula is C21H23F2N3O3S. The number of ether oxygens (including phenoxy) is 2. The fourth-order valence-corrected chi connectivity index (χ4v) is 2.95. The molecule has 0 bridgehead atoms. The van der Waals surface area contributed by atoms with E-state index in [0.29, 0.717) is 17.0 Å². The van der Waals surface area contributed by atoms with Crippen molar-refractivity contribution < 1.29 is 23.0 Å². The molecule has 0 fully saturated rings. The number of primary amides is 1. The summed E-state index contributed by atoms with van der Waals surface area (Å²) in [6, 6.07) is 10.9. The van der Waals surface area contributed by atoms with Crippen LogP contribution in [0.15, 0.2) is 41.3 Å². The van der Waals surface area contributed by atoms with Gasteiger partial charge in [-0.15, -0.1) is 11.8 Å². The van der Waals surface area contributed by atoms with Crippen molar-refractivity contribution in [2.75, 3.05) is 19.5 Å². The lowest BCUT2D eigenvalue weighted by Crippen LogP contribution is -2.16. The first-order valence-corrected chi connectivity index (χ1v) is 9.95. The number of carbonyl (C=O) groups is 1. The number of hydrogen-bond acceptors (Lipinski definition) is 6. The first-order valence-electron chi connectivity index (χ1n) is 8.96. The molecule has 2 rings (SSSR count). The van der Waals surface area contributed by atoms with Crippen LogP contribution in [0.5, 0.6) is 11.5 Å². The molecule has 0 aliphatic rings. The van der Waals surface area contributed by atoms with Crippen molar-refractivity contribution in [3.05, 3.63) is 64.1 Å². The number of amides is 1. The van der Waals surface area contributed by atoms with Gasteiger partial charge in [0, 0.05) is 5.75 Å². The summed E-state index contributed by atoms with van der Waals surface area (Å²) in [6.07, 6.45) is 0. The molecule has 4 N–H and O–H groups in total. The Labute approximate surface area is 178 Å². The summed E-state index contributed by atoms with van der Waals surface area (Å²) in [7, 11) is 1.54. The molecule has 160 valence electrons. The van der Waals surface area contributed by atoms with Gasteiger partial charge in [-0.05, 0) is 42.0 Å². The molecule has 6 nitrogen and oxygen atoms in total. The van der Waals surface area contributed by atoms with Crippen molar-refractivity contribution in [2.45, 2.75) is 13.8 Å². The quantitative estimate of drug-likeness (QED) is 0.478. The highest BCUT2D eigenvalue weighted by molar-refractivity contribution is 8.03. The molecule has 0 radical (unpaired) electrons. The van der Waals surface area contributed by atoms with E-state index in [9.17, 15) is 18.8 Å². The number of nitriles is 1. The zero-order valence-corrected chi connectivity index (χ0v) is 17.7. The van der Waals surface area contributed by atoms with Crippen molar-refractivity contribution >= 4 is 23.4 Å². The summed E-state index contributed by atoms with van der Waals surface area (Å²) >= 11 is 1.12. The van der Waals surface area contributed by atoms with Crippen LogP contribution < -0.4 is 20.9 Å². The fourth-order valence-electron chi connectivity index (χ4n) is 2.24. The van der Waals surface area contributed by atoms with Gasteiger partial charge in [0.2, 0.25) is 0 Å². The van der Waals surface area contributed by atoms with Crippen molar-refractivity contribution in [2.24, 2.45) is 11.5 Å². The third-order valence-corrected chi connectivity index (χ3v) is 4.61. The average molecular weight is 435 g/mol. The highest BCUT2D eigenvalue weighted by Crippen LogP contribution is 2.26. The number of hydrogen-bond donors (Lipinski definition) is 2. The van der Waals surface area contributed by atoms with Crippen LogP contribution >= 0.6 is 11.8 Å². The van der Waals surface area contributed by atoms with Gasteiger partial charge < -0.3 is 20.9 Å². The zero-order valence-electron chi connectivity index (χ0n) is 16.9. The van der Waals surface area contributed by atoms with Crippen LogP contribution in [0, 0.1) is 23.0 Å². The number of benzene rings is 2. The van der Waals surface area contributed by atoms with E-state index < -0.39 is 23.1 Å². The third-order valence-electron chi connectivity index (χ3n) is 3.64. The highest BCUT2D eigenvalue weighted by Gasteiger charge is 2.19. The van der Waals surface area contributed by atoms with Gasteiger partial charge in [0.15, 0.2) is 11.6 Å². The lowest BCUT2D eigenvalue weighted by Gasteiger charge is -2.10. The number of halogens is 2. The van der Waals surface area contributed by atoms with E-state index in [1.54, 1.807) is 31.4 Å². The maximum Gasteiger partial charge on any atom is 0.254 e. The van der Waals surface area contributed by atoms with E-state index in [1.165, 1.54) is 0 Å². The smallest absolute Gasteiger partial charge is 0.254 e. The summed E-state index contributed by atoms with van der Waals surface area (Å²) in [5.74, 6) is -2.83. The van der Waals surface area contributed by atoms with Gasteiger partial charge in [0.05, 0.1) is 19.4 Å². The molecular weight excluding hydrogens is 412 g/mol. The summed E-state index contributed by atoms with van der Waals surface area (Å²) in [5, 5.41) is 9.32. The van der Waals surface area contributed by atoms with E-state index in [1.807, 2.05) is 19.9 Å². The number of nitrogens with zero attached hydrogens (tertiary/aromatic N) is 1. The number of methoxy groups -OCH3 is 1. The molecule has 0 aliphatic carbocycles. The van der Waals surface area contributed by atoms with Crippen molar-refractivity contribution in [3.63, 3.8) is 0 Å². The summed E-state index contributed by atoms with van der Waals surface area (Å²) in [4.78, 5) is 11.4. The molecule has 0 unspecified atom stereocenters. The second-order valence-corrected chi connectivity index (χ2v) is 6.48. The first kappa shape index (κ1) is 24.8. The van der Waals surface area contributed by atoms with Crippen LogP contribution in [0.1, 0.15) is 29.8 Å². The van der Waals surface area contributed by atoms with E-state index in [-0.39, 0.29) is 23.0 Å². The molecule has 2 aromatic carbocycles. The largest absolute Gasteiger partial charge is 0.497 e. The van der Waals surface area contributed by atoms with Gasteiger partial charge in [-0.2, -0.15) is 5.26 Å². The Morgan fingerprint density at radius 1 is 1.13 bits per heavy atom. The molecule has 0 saturated carbocycles.